The van der Waals surface area contributed by atoms with Crippen LogP contribution in [0.1, 0.15) is 67.2 Å². The Balaban J connectivity index is 4.37. The van der Waals surface area contributed by atoms with Crippen molar-refractivity contribution in [3.63, 3.8) is 0 Å². The average molecular weight is 316 g/mol. The fraction of sp³-hybridized carbons (Fsp3) is 0.941. The van der Waals surface area contributed by atoms with Crippen molar-refractivity contribution in [1.82, 2.24) is 10.6 Å². The second kappa shape index (κ2) is 10.1. The van der Waals surface area contributed by atoms with Gasteiger partial charge >= 0.3 is 6.09 Å². The second-order valence-corrected chi connectivity index (χ2v) is 7.43. The molecule has 1 amide bonds. The van der Waals surface area contributed by atoms with Gasteiger partial charge in [-0.25, -0.2) is 4.79 Å². The van der Waals surface area contributed by atoms with Gasteiger partial charge in [0.15, 0.2) is 0 Å². The summed E-state index contributed by atoms with van der Waals surface area (Å²) in [6, 6.07) is 0.199. The molecule has 2 atom stereocenters. The van der Waals surface area contributed by atoms with Crippen LogP contribution in [0.2, 0.25) is 0 Å². The van der Waals surface area contributed by atoms with E-state index in [2.05, 4.69) is 31.4 Å². The van der Waals surface area contributed by atoms with E-state index >= 15 is 0 Å². The SMILES string of the molecule is CCCCC(CNC(=O)OC(C)(C)C)NCC(C)(CC)CO. The predicted octanol–water partition coefficient (Wildman–Crippen LogP) is 3.07. The molecule has 0 rings (SSSR count). The maximum absolute atomic E-state index is 11.7. The number of ether oxygens (including phenoxy) is 1. The summed E-state index contributed by atoms with van der Waals surface area (Å²) in [6.07, 6.45) is 3.76. The molecule has 0 fully saturated rings. The number of aliphatic hydroxyl groups excluding tert-OH is 1. The normalized spacial score (nSPS) is 16.0. The molecule has 0 aromatic heterocycles. The number of aliphatic hydroxyl groups is 1. The lowest BCUT2D eigenvalue weighted by Crippen LogP contribution is -2.46. The van der Waals surface area contributed by atoms with E-state index in [0.29, 0.717) is 6.54 Å². The molecule has 0 aliphatic rings. The molecule has 132 valence electrons. The maximum Gasteiger partial charge on any atom is 0.407 e. The molecule has 0 bridgehead atoms. The first kappa shape index (κ1) is 21.2. The first-order valence-corrected chi connectivity index (χ1v) is 8.47. The quantitative estimate of drug-likeness (QED) is 0.579. The van der Waals surface area contributed by atoms with Crippen LogP contribution in [-0.4, -0.2) is 42.5 Å². The number of carbonyl (C=O) groups is 1. The number of alkyl carbamates (subject to hydrolysis) is 1. The Morgan fingerprint density at radius 1 is 1.23 bits per heavy atom. The van der Waals surface area contributed by atoms with Crippen LogP contribution in [0, 0.1) is 5.41 Å². The smallest absolute Gasteiger partial charge is 0.407 e. The zero-order valence-corrected chi connectivity index (χ0v) is 15.3. The second-order valence-electron chi connectivity index (χ2n) is 7.43. The number of carbonyl (C=O) groups excluding carboxylic acids is 1. The third-order valence-electron chi connectivity index (χ3n) is 3.85. The van der Waals surface area contributed by atoms with Crippen molar-refractivity contribution >= 4 is 6.09 Å². The Morgan fingerprint density at radius 2 is 1.86 bits per heavy atom. The average Bonchev–Trinajstić information content (AvgIpc) is 2.44. The number of nitrogens with one attached hydrogen (secondary N) is 2. The third-order valence-corrected chi connectivity index (χ3v) is 3.85. The molecule has 0 radical (unpaired) electrons. The highest BCUT2D eigenvalue weighted by molar-refractivity contribution is 5.67. The Labute approximate surface area is 136 Å². The van der Waals surface area contributed by atoms with Gasteiger partial charge in [0.25, 0.3) is 0 Å². The van der Waals surface area contributed by atoms with E-state index in [1.54, 1.807) is 0 Å². The molecule has 2 unspecified atom stereocenters. The minimum Gasteiger partial charge on any atom is -0.444 e. The van der Waals surface area contributed by atoms with Gasteiger partial charge in [-0.3, -0.25) is 0 Å². The Bertz CT molecular complexity index is 310. The van der Waals surface area contributed by atoms with E-state index in [1.807, 2.05) is 20.8 Å². The summed E-state index contributed by atoms with van der Waals surface area (Å²) in [6.45, 7) is 13.3. The van der Waals surface area contributed by atoms with Crippen LogP contribution >= 0.6 is 0 Å². The van der Waals surface area contributed by atoms with Gasteiger partial charge in [-0.2, -0.15) is 0 Å². The lowest BCUT2D eigenvalue weighted by Gasteiger charge is -2.29. The maximum atomic E-state index is 11.7. The minimum atomic E-state index is -0.478. The van der Waals surface area contributed by atoms with Crippen molar-refractivity contribution in [2.75, 3.05) is 19.7 Å². The van der Waals surface area contributed by atoms with Crippen molar-refractivity contribution in [1.29, 1.82) is 0 Å². The number of unbranched alkanes of at least 4 members (excludes halogenated alkanes) is 1. The summed E-state index contributed by atoms with van der Waals surface area (Å²) in [5.74, 6) is 0. The monoisotopic (exact) mass is 316 g/mol. The molecular weight excluding hydrogens is 280 g/mol. The van der Waals surface area contributed by atoms with E-state index < -0.39 is 5.60 Å². The molecule has 22 heavy (non-hydrogen) atoms. The standard InChI is InChI=1S/C17H36N2O3/c1-7-9-10-14(19-12-17(6,8-2)13-20)11-18-15(21)22-16(3,4)5/h14,19-20H,7-13H2,1-6H3,(H,18,21). The van der Waals surface area contributed by atoms with Gasteiger partial charge in [0.1, 0.15) is 5.60 Å². The topological polar surface area (TPSA) is 70.6 Å². The molecule has 0 spiro atoms. The molecule has 0 heterocycles. The van der Waals surface area contributed by atoms with Crippen molar-refractivity contribution in [2.45, 2.75) is 78.9 Å². The highest BCUT2D eigenvalue weighted by Gasteiger charge is 2.23. The van der Waals surface area contributed by atoms with E-state index in [-0.39, 0.29) is 24.2 Å². The van der Waals surface area contributed by atoms with Gasteiger partial charge in [-0.15, -0.1) is 0 Å². The van der Waals surface area contributed by atoms with Crippen molar-refractivity contribution < 1.29 is 14.6 Å². The fourth-order valence-corrected chi connectivity index (χ4v) is 1.93. The molecular formula is C17H36N2O3. The van der Waals surface area contributed by atoms with Crippen LogP contribution in [0.15, 0.2) is 0 Å². The number of hydrogen-bond donors (Lipinski definition) is 3. The lowest BCUT2D eigenvalue weighted by molar-refractivity contribution is 0.0519. The van der Waals surface area contributed by atoms with E-state index in [9.17, 15) is 9.90 Å². The van der Waals surface area contributed by atoms with Gasteiger partial charge < -0.3 is 20.5 Å². The summed E-state index contributed by atoms with van der Waals surface area (Å²) >= 11 is 0. The largest absolute Gasteiger partial charge is 0.444 e. The van der Waals surface area contributed by atoms with Crippen LogP contribution in [0.4, 0.5) is 4.79 Å². The van der Waals surface area contributed by atoms with Gasteiger partial charge in [-0.1, -0.05) is 33.6 Å². The minimum absolute atomic E-state index is 0.115. The molecule has 0 saturated heterocycles. The summed E-state index contributed by atoms with van der Waals surface area (Å²) < 4.78 is 5.26. The van der Waals surface area contributed by atoms with Gasteiger partial charge in [0.2, 0.25) is 0 Å². The molecule has 5 heteroatoms. The highest BCUT2D eigenvalue weighted by atomic mass is 16.6. The van der Waals surface area contributed by atoms with Gasteiger partial charge in [-0.05, 0) is 33.6 Å². The molecule has 5 nitrogen and oxygen atoms in total. The van der Waals surface area contributed by atoms with Crippen molar-refractivity contribution in [3.05, 3.63) is 0 Å². The molecule has 0 saturated carbocycles. The van der Waals surface area contributed by atoms with Crippen LogP contribution in [0.25, 0.3) is 0 Å². The first-order chi connectivity index (χ1) is 10.2. The molecule has 3 N–H and O–H groups in total. The summed E-state index contributed by atoms with van der Waals surface area (Å²) in [7, 11) is 0. The Kier molecular flexibility index (Phi) is 9.69. The first-order valence-electron chi connectivity index (χ1n) is 8.47. The number of amides is 1. The number of hydrogen-bond acceptors (Lipinski definition) is 4. The molecule has 0 aliphatic carbocycles. The van der Waals surface area contributed by atoms with Crippen molar-refractivity contribution in [2.24, 2.45) is 5.41 Å². The van der Waals surface area contributed by atoms with Crippen LogP contribution in [0.3, 0.4) is 0 Å². The van der Waals surface area contributed by atoms with E-state index in [0.717, 1.165) is 32.2 Å². The van der Waals surface area contributed by atoms with Gasteiger partial charge in [0, 0.05) is 31.2 Å². The van der Waals surface area contributed by atoms with Crippen LogP contribution < -0.4 is 10.6 Å². The fourth-order valence-electron chi connectivity index (χ4n) is 1.93. The molecule has 0 aliphatic heterocycles. The summed E-state index contributed by atoms with van der Waals surface area (Å²) in [4.78, 5) is 11.7. The Hall–Kier alpha value is -0.810. The summed E-state index contributed by atoms with van der Waals surface area (Å²) in [5.41, 5.74) is -0.593. The van der Waals surface area contributed by atoms with Crippen LogP contribution in [-0.2, 0) is 4.74 Å². The summed E-state index contributed by atoms with van der Waals surface area (Å²) in [5, 5.41) is 15.8. The van der Waals surface area contributed by atoms with E-state index in [4.69, 9.17) is 4.74 Å². The number of rotatable bonds is 10. The lowest BCUT2D eigenvalue weighted by atomic mass is 9.88. The highest BCUT2D eigenvalue weighted by Crippen LogP contribution is 2.19. The van der Waals surface area contributed by atoms with Crippen molar-refractivity contribution in [3.8, 4) is 0 Å². The molecule has 0 aromatic rings. The molecule has 0 aromatic carbocycles. The Morgan fingerprint density at radius 3 is 2.32 bits per heavy atom. The zero-order valence-electron chi connectivity index (χ0n) is 15.3. The van der Waals surface area contributed by atoms with Gasteiger partial charge in [0.05, 0.1) is 0 Å². The van der Waals surface area contributed by atoms with Crippen LogP contribution in [0.5, 0.6) is 0 Å². The van der Waals surface area contributed by atoms with E-state index in [1.165, 1.54) is 0 Å². The predicted molar refractivity (Wildman–Crippen MR) is 91.0 cm³/mol. The third kappa shape index (κ3) is 10.0. The zero-order chi connectivity index (χ0) is 17.2.